The van der Waals surface area contributed by atoms with E-state index in [-0.39, 0.29) is 4.47 Å². The van der Waals surface area contributed by atoms with Crippen LogP contribution in [0, 0.1) is 10.1 Å². The fraction of sp³-hybridized carbons (Fsp3) is 0.250. The molecule has 0 heterocycles. The van der Waals surface area contributed by atoms with E-state index in [1.807, 2.05) is 0 Å². The van der Waals surface area contributed by atoms with Crippen molar-refractivity contribution in [2.45, 2.75) is 12.3 Å². The van der Waals surface area contributed by atoms with E-state index in [1.165, 1.54) is 6.07 Å². The monoisotopic (exact) mass is 299 g/mol. The minimum Gasteiger partial charge on any atom is -0.379 e. The minimum atomic E-state index is -4.93. The first-order valence-electron chi connectivity index (χ1n) is 3.92. The molecule has 0 amide bonds. The molecule has 0 spiro atoms. The summed E-state index contributed by atoms with van der Waals surface area (Å²) >= 11 is 2.90. The third kappa shape index (κ3) is 2.70. The minimum absolute atomic E-state index is 0.261. The van der Waals surface area contributed by atoms with Crippen molar-refractivity contribution in [3.05, 3.63) is 38.3 Å². The van der Waals surface area contributed by atoms with Crippen molar-refractivity contribution >= 4 is 21.6 Å². The second kappa shape index (κ2) is 4.38. The predicted octanol–water partition coefficient (Wildman–Crippen LogP) is 2.95. The Labute approximate surface area is 96.0 Å². The quantitative estimate of drug-likeness (QED) is 0.674. The van der Waals surface area contributed by atoms with Gasteiger partial charge in [0.05, 0.1) is 10.5 Å². The zero-order chi connectivity index (χ0) is 12.5. The normalized spacial score (nSPS) is 13.6. The van der Waals surface area contributed by atoms with Gasteiger partial charge in [-0.1, -0.05) is 15.9 Å². The van der Waals surface area contributed by atoms with E-state index in [0.29, 0.717) is 0 Å². The topological polar surface area (TPSA) is 63.4 Å². The molecule has 16 heavy (non-hydrogen) atoms. The zero-order valence-corrected chi connectivity index (χ0v) is 9.12. The first-order chi connectivity index (χ1) is 7.23. The van der Waals surface area contributed by atoms with Gasteiger partial charge in [-0.15, -0.1) is 0 Å². The fourth-order valence-electron chi connectivity index (χ4n) is 1.08. The predicted molar refractivity (Wildman–Crippen MR) is 51.8 cm³/mol. The molecule has 1 atom stereocenters. The Morgan fingerprint density at radius 3 is 2.44 bits per heavy atom. The second-order valence-corrected chi connectivity index (χ2v) is 3.82. The molecule has 0 aliphatic heterocycles. The average molecular weight is 300 g/mol. The van der Waals surface area contributed by atoms with E-state index >= 15 is 0 Å². The van der Waals surface area contributed by atoms with Gasteiger partial charge in [0, 0.05) is 10.5 Å². The Bertz CT molecular complexity index is 421. The molecule has 8 heteroatoms. The maximum absolute atomic E-state index is 12.2. The summed E-state index contributed by atoms with van der Waals surface area (Å²) in [5.74, 6) is 0. The van der Waals surface area contributed by atoms with E-state index in [0.717, 1.165) is 12.1 Å². The number of nitrogens with zero attached hydrogens (tertiary/aromatic N) is 1. The molecule has 88 valence electrons. The molecular weight excluding hydrogens is 295 g/mol. The van der Waals surface area contributed by atoms with Gasteiger partial charge in [0.15, 0.2) is 6.10 Å². The summed E-state index contributed by atoms with van der Waals surface area (Å²) in [6, 6.07) is 2.96. The summed E-state index contributed by atoms with van der Waals surface area (Å²) in [6.45, 7) is 0. The van der Waals surface area contributed by atoms with Crippen molar-refractivity contribution in [1.29, 1.82) is 0 Å². The molecule has 1 aromatic rings. The Kier molecular flexibility index (Phi) is 3.54. The molecule has 1 aromatic carbocycles. The van der Waals surface area contributed by atoms with Crippen LogP contribution >= 0.6 is 15.9 Å². The van der Waals surface area contributed by atoms with Crippen molar-refractivity contribution < 1.29 is 23.2 Å². The van der Waals surface area contributed by atoms with Gasteiger partial charge >= 0.3 is 6.18 Å². The van der Waals surface area contributed by atoms with Crippen LogP contribution in [0.5, 0.6) is 0 Å². The second-order valence-electron chi connectivity index (χ2n) is 2.90. The van der Waals surface area contributed by atoms with Crippen LogP contribution in [0.2, 0.25) is 0 Å². The lowest BCUT2D eigenvalue weighted by Crippen LogP contribution is -2.21. The number of rotatable bonds is 2. The van der Waals surface area contributed by atoms with E-state index in [2.05, 4.69) is 15.9 Å². The third-order valence-corrected chi connectivity index (χ3v) is 2.29. The number of hydrogen-bond acceptors (Lipinski definition) is 3. The fourth-order valence-corrected chi connectivity index (χ4v) is 1.43. The van der Waals surface area contributed by atoms with Crippen molar-refractivity contribution in [3.8, 4) is 0 Å². The molecule has 0 aliphatic carbocycles. The van der Waals surface area contributed by atoms with Crippen LogP contribution in [-0.2, 0) is 0 Å². The molecule has 0 fully saturated rings. The molecule has 0 aliphatic rings. The Morgan fingerprint density at radius 1 is 1.44 bits per heavy atom. The largest absolute Gasteiger partial charge is 0.418 e. The molecule has 1 rings (SSSR count). The Balaban J connectivity index is 3.28. The number of aliphatic hydroxyl groups excluding tert-OH is 1. The first kappa shape index (κ1) is 12.9. The number of nitro groups is 1. The molecule has 0 saturated carbocycles. The highest BCUT2D eigenvalue weighted by Gasteiger charge is 2.42. The highest BCUT2D eigenvalue weighted by Crippen LogP contribution is 2.37. The highest BCUT2D eigenvalue weighted by molar-refractivity contribution is 9.10. The Morgan fingerprint density at radius 2 is 2.00 bits per heavy atom. The van der Waals surface area contributed by atoms with Crippen LogP contribution < -0.4 is 0 Å². The third-order valence-electron chi connectivity index (χ3n) is 1.79. The van der Waals surface area contributed by atoms with Crippen LogP contribution in [0.15, 0.2) is 22.7 Å². The molecule has 0 unspecified atom stereocenters. The van der Waals surface area contributed by atoms with Crippen LogP contribution in [0.4, 0.5) is 18.9 Å². The van der Waals surface area contributed by atoms with Gasteiger partial charge in [-0.2, -0.15) is 13.2 Å². The van der Waals surface area contributed by atoms with Gasteiger partial charge in [0.25, 0.3) is 5.69 Å². The van der Waals surface area contributed by atoms with Crippen LogP contribution in [0.25, 0.3) is 0 Å². The van der Waals surface area contributed by atoms with E-state index in [9.17, 15) is 23.3 Å². The molecule has 0 saturated heterocycles. The lowest BCUT2D eigenvalue weighted by atomic mass is 10.1. The van der Waals surface area contributed by atoms with Crippen LogP contribution in [0.1, 0.15) is 11.7 Å². The van der Waals surface area contributed by atoms with E-state index in [1.54, 1.807) is 0 Å². The first-order valence-corrected chi connectivity index (χ1v) is 4.71. The number of alkyl halides is 3. The molecule has 4 nitrogen and oxygen atoms in total. The van der Waals surface area contributed by atoms with Gasteiger partial charge < -0.3 is 5.11 Å². The standard InChI is InChI=1S/C8H5BrF3NO3/c9-4-1-2-5(6(3-4)13(15)16)7(14)8(10,11)12/h1-3,7,14H/t7-/m0/s1. The molecule has 1 N–H and O–H groups in total. The van der Waals surface area contributed by atoms with Crippen molar-refractivity contribution in [3.63, 3.8) is 0 Å². The van der Waals surface area contributed by atoms with E-state index < -0.39 is 28.5 Å². The number of halogens is 4. The smallest absolute Gasteiger partial charge is 0.379 e. The number of benzene rings is 1. The van der Waals surface area contributed by atoms with Gasteiger partial charge in [0.1, 0.15) is 0 Å². The summed E-state index contributed by atoms with van der Waals surface area (Å²) in [4.78, 5) is 9.53. The molecular formula is C8H5BrF3NO3. The summed E-state index contributed by atoms with van der Waals surface area (Å²) < 4.78 is 36.8. The molecule has 0 radical (unpaired) electrons. The molecule has 0 aromatic heterocycles. The van der Waals surface area contributed by atoms with Gasteiger partial charge in [-0.3, -0.25) is 10.1 Å². The summed E-state index contributed by atoms with van der Waals surface area (Å²) in [5.41, 5.74) is -1.56. The van der Waals surface area contributed by atoms with Crippen molar-refractivity contribution in [1.82, 2.24) is 0 Å². The van der Waals surface area contributed by atoms with Gasteiger partial charge in [-0.05, 0) is 12.1 Å². The van der Waals surface area contributed by atoms with Crippen LogP contribution in [-0.4, -0.2) is 16.2 Å². The Hall–Kier alpha value is -1.15. The SMILES string of the molecule is O=[N+]([O-])c1cc(Br)ccc1[C@H](O)C(F)(F)F. The maximum atomic E-state index is 12.2. The van der Waals surface area contributed by atoms with Crippen molar-refractivity contribution in [2.24, 2.45) is 0 Å². The number of aliphatic hydroxyl groups is 1. The van der Waals surface area contributed by atoms with Crippen molar-refractivity contribution in [2.75, 3.05) is 0 Å². The average Bonchev–Trinajstić information content (AvgIpc) is 2.15. The number of nitro benzene ring substituents is 1. The van der Waals surface area contributed by atoms with Crippen LogP contribution in [0.3, 0.4) is 0 Å². The maximum Gasteiger partial charge on any atom is 0.418 e. The van der Waals surface area contributed by atoms with Gasteiger partial charge in [0.2, 0.25) is 0 Å². The summed E-state index contributed by atoms with van der Waals surface area (Å²) in [5, 5.41) is 19.4. The van der Waals surface area contributed by atoms with Gasteiger partial charge in [-0.25, -0.2) is 0 Å². The summed E-state index contributed by atoms with van der Waals surface area (Å²) in [7, 11) is 0. The van der Waals surface area contributed by atoms with E-state index in [4.69, 9.17) is 5.11 Å². The number of hydrogen-bond donors (Lipinski definition) is 1. The lowest BCUT2D eigenvalue weighted by molar-refractivity contribution is -0.387. The molecule has 0 bridgehead atoms. The summed E-state index contributed by atoms with van der Waals surface area (Å²) in [6.07, 6.45) is -7.79. The zero-order valence-electron chi connectivity index (χ0n) is 7.53. The highest BCUT2D eigenvalue weighted by atomic mass is 79.9. The lowest BCUT2D eigenvalue weighted by Gasteiger charge is -2.14.